The number of aryl methyl sites for hydroxylation is 2. The Morgan fingerprint density at radius 1 is 0.824 bits per heavy atom. The first-order valence-corrected chi connectivity index (χ1v) is 7.01. The Morgan fingerprint density at radius 2 is 1.35 bits per heavy atom. The van der Waals surface area contributed by atoms with Crippen molar-refractivity contribution in [2.24, 2.45) is 0 Å². The summed E-state index contributed by atoms with van der Waals surface area (Å²) in [6.45, 7) is 12.1. The topological polar surface area (TPSA) is 12.9 Å². The van der Waals surface area contributed by atoms with E-state index in [1.807, 2.05) is 64.3 Å². The lowest BCUT2D eigenvalue weighted by Crippen LogP contribution is -1.62. The van der Waals surface area contributed by atoms with Gasteiger partial charge in [-0.25, -0.2) is 0 Å². The van der Waals surface area contributed by atoms with Crippen molar-refractivity contribution < 1.29 is 0 Å². The quantitative estimate of drug-likeness (QED) is 0.602. The van der Waals surface area contributed by atoms with Crippen LogP contribution in [0.2, 0.25) is 0 Å². The zero-order valence-electron chi connectivity index (χ0n) is 11.9. The first kappa shape index (κ1) is 18.2. The van der Waals surface area contributed by atoms with Gasteiger partial charge in [-0.2, -0.15) is 4.37 Å². The summed E-state index contributed by atoms with van der Waals surface area (Å²) in [5.74, 6) is 0. The number of nitrogens with zero attached hydrogens (tertiary/aromatic N) is 1. The fourth-order valence-corrected chi connectivity index (χ4v) is 1.35. The molecule has 2 rings (SSSR count). The minimum absolute atomic E-state index is 1.11. The lowest BCUT2D eigenvalue weighted by Gasteiger charge is -1.82. The van der Waals surface area contributed by atoms with Crippen LogP contribution in [0.25, 0.3) is 0 Å². The Labute approximate surface area is 111 Å². The van der Waals surface area contributed by atoms with Crippen LogP contribution in [0.5, 0.6) is 0 Å². The molecule has 0 saturated carbocycles. The average Bonchev–Trinajstić information content (AvgIpc) is 2.87. The van der Waals surface area contributed by atoms with Gasteiger partial charge in [0.2, 0.25) is 0 Å². The smallest absolute Gasteiger partial charge is 0.0511 e. The molecule has 0 aliphatic rings. The first-order valence-electron chi connectivity index (χ1n) is 6.17. The highest BCUT2D eigenvalue weighted by atomic mass is 32.1. The first-order chi connectivity index (χ1) is 8.29. The van der Waals surface area contributed by atoms with Gasteiger partial charge in [-0.3, -0.25) is 0 Å². The molecule has 0 radical (unpaired) electrons. The monoisotopic (exact) mass is 251 g/mol. The van der Waals surface area contributed by atoms with Gasteiger partial charge in [0.05, 0.1) is 5.69 Å². The third kappa shape index (κ3) is 12.8. The highest BCUT2D eigenvalue weighted by Crippen LogP contribution is 1.94. The maximum absolute atomic E-state index is 3.96. The minimum Gasteiger partial charge on any atom is -0.198 e. The molecule has 2 aromatic rings. The fourth-order valence-electron chi connectivity index (χ4n) is 0.807. The van der Waals surface area contributed by atoms with Crippen molar-refractivity contribution in [3.8, 4) is 0 Å². The maximum Gasteiger partial charge on any atom is 0.0511 e. The molecule has 0 fully saturated rings. The molecule has 1 aromatic carbocycles. The van der Waals surface area contributed by atoms with E-state index in [1.54, 1.807) is 0 Å². The van der Waals surface area contributed by atoms with Gasteiger partial charge in [-0.15, -0.1) is 0 Å². The van der Waals surface area contributed by atoms with E-state index >= 15 is 0 Å². The van der Waals surface area contributed by atoms with Crippen molar-refractivity contribution in [1.82, 2.24) is 4.37 Å². The van der Waals surface area contributed by atoms with Gasteiger partial charge in [0.1, 0.15) is 0 Å². The van der Waals surface area contributed by atoms with Gasteiger partial charge in [0, 0.05) is 5.38 Å². The van der Waals surface area contributed by atoms with Crippen LogP contribution in [0.4, 0.5) is 0 Å². The summed E-state index contributed by atoms with van der Waals surface area (Å²) in [6, 6.07) is 12.3. The van der Waals surface area contributed by atoms with E-state index in [0.717, 1.165) is 5.69 Å². The van der Waals surface area contributed by atoms with Gasteiger partial charge in [0.15, 0.2) is 0 Å². The molecule has 96 valence electrons. The van der Waals surface area contributed by atoms with E-state index in [4.69, 9.17) is 0 Å². The molecule has 0 saturated heterocycles. The second-order valence-electron chi connectivity index (χ2n) is 2.80. The molecule has 0 unspecified atom stereocenters. The van der Waals surface area contributed by atoms with Crippen LogP contribution in [0.3, 0.4) is 0 Å². The summed E-state index contributed by atoms with van der Waals surface area (Å²) in [6.07, 6.45) is 0. The summed E-state index contributed by atoms with van der Waals surface area (Å²) < 4.78 is 3.96. The van der Waals surface area contributed by atoms with Crippen LogP contribution in [0, 0.1) is 13.8 Å². The molecule has 1 heterocycles. The van der Waals surface area contributed by atoms with E-state index in [1.165, 1.54) is 17.1 Å². The molecule has 0 atom stereocenters. The van der Waals surface area contributed by atoms with Gasteiger partial charge in [-0.1, -0.05) is 63.6 Å². The second-order valence-corrected chi connectivity index (χ2v) is 3.46. The third-order valence-corrected chi connectivity index (χ3v) is 2.16. The summed E-state index contributed by atoms with van der Waals surface area (Å²) in [5, 5.41) is 1.97. The van der Waals surface area contributed by atoms with Crippen molar-refractivity contribution in [2.75, 3.05) is 0 Å². The van der Waals surface area contributed by atoms with Gasteiger partial charge in [0.25, 0.3) is 0 Å². The highest BCUT2D eigenvalue weighted by Gasteiger charge is 1.76. The number of benzene rings is 1. The molecule has 0 spiro atoms. The predicted molar refractivity (Wildman–Crippen MR) is 80.7 cm³/mol. The fraction of sp³-hybridized carbons (Fsp3) is 0.400. The van der Waals surface area contributed by atoms with Crippen LogP contribution >= 0.6 is 11.5 Å². The maximum atomic E-state index is 3.96. The number of rotatable bonds is 0. The van der Waals surface area contributed by atoms with Crippen LogP contribution in [-0.2, 0) is 0 Å². The molecular formula is C15H25NS. The van der Waals surface area contributed by atoms with Crippen molar-refractivity contribution in [2.45, 2.75) is 41.5 Å². The molecule has 17 heavy (non-hydrogen) atoms. The van der Waals surface area contributed by atoms with Gasteiger partial charge in [-0.05, 0) is 31.4 Å². The number of hydrogen-bond acceptors (Lipinski definition) is 2. The zero-order valence-corrected chi connectivity index (χ0v) is 12.7. The summed E-state index contributed by atoms with van der Waals surface area (Å²) >= 11 is 1.49. The molecule has 0 amide bonds. The van der Waals surface area contributed by atoms with Crippen LogP contribution in [0.15, 0.2) is 41.8 Å². The molecule has 1 aromatic heterocycles. The molecule has 0 bridgehead atoms. The van der Waals surface area contributed by atoms with Gasteiger partial charge < -0.3 is 0 Å². The lowest BCUT2D eigenvalue weighted by molar-refractivity contribution is 1.35. The minimum atomic E-state index is 1.11. The lowest BCUT2D eigenvalue weighted by atomic mass is 10.2. The van der Waals surface area contributed by atoms with E-state index in [0.29, 0.717) is 0 Å². The Kier molecular flexibility index (Phi) is 15.9. The Morgan fingerprint density at radius 3 is 1.53 bits per heavy atom. The second kappa shape index (κ2) is 14.8. The summed E-state index contributed by atoms with van der Waals surface area (Å²) in [4.78, 5) is 0. The average molecular weight is 251 g/mol. The number of aromatic nitrogens is 1. The van der Waals surface area contributed by atoms with Crippen molar-refractivity contribution in [3.05, 3.63) is 53.0 Å². The SMILES string of the molecule is CC.CC.Cc1ccccc1.Cc1ccsn1. The summed E-state index contributed by atoms with van der Waals surface area (Å²) in [7, 11) is 0. The van der Waals surface area contributed by atoms with Crippen LogP contribution < -0.4 is 0 Å². The molecule has 1 nitrogen and oxygen atoms in total. The van der Waals surface area contributed by atoms with E-state index in [-0.39, 0.29) is 0 Å². The number of hydrogen-bond donors (Lipinski definition) is 0. The van der Waals surface area contributed by atoms with E-state index in [9.17, 15) is 0 Å². The molecular weight excluding hydrogens is 226 g/mol. The molecule has 0 N–H and O–H groups in total. The predicted octanol–water partition coefficient (Wildman–Crippen LogP) is 5.50. The van der Waals surface area contributed by atoms with E-state index < -0.39 is 0 Å². The standard InChI is InChI=1S/C7H8.C4H5NS.2C2H6/c1-7-5-3-2-4-6-7;1-4-2-3-6-5-4;2*1-2/h2-6H,1H3;2-3H,1H3;2*1-2H3. The largest absolute Gasteiger partial charge is 0.198 e. The van der Waals surface area contributed by atoms with Crippen LogP contribution in [0.1, 0.15) is 39.0 Å². The Balaban J connectivity index is 0. The summed E-state index contributed by atoms with van der Waals surface area (Å²) in [5.41, 5.74) is 2.43. The highest BCUT2D eigenvalue weighted by molar-refractivity contribution is 7.03. The molecule has 0 aliphatic carbocycles. The zero-order chi connectivity index (χ0) is 13.5. The molecule has 0 aliphatic heterocycles. The van der Waals surface area contributed by atoms with Crippen LogP contribution in [-0.4, -0.2) is 4.37 Å². The van der Waals surface area contributed by atoms with Crippen molar-refractivity contribution >= 4 is 11.5 Å². The van der Waals surface area contributed by atoms with Crippen molar-refractivity contribution in [3.63, 3.8) is 0 Å². The molecule has 2 heteroatoms. The van der Waals surface area contributed by atoms with Gasteiger partial charge >= 0.3 is 0 Å². The normalized spacial score (nSPS) is 7.41. The van der Waals surface area contributed by atoms with Crippen molar-refractivity contribution in [1.29, 1.82) is 0 Å². The Hall–Kier alpha value is -1.15. The Bertz CT molecular complexity index is 314. The van der Waals surface area contributed by atoms with E-state index in [2.05, 4.69) is 23.4 Å². The third-order valence-electron chi connectivity index (χ3n) is 1.51.